The fraction of sp³-hybridized carbons (Fsp3) is 1.00. The highest BCUT2D eigenvalue weighted by atomic mass is 32.2. The molecule has 2 N–H and O–H groups in total. The van der Waals surface area contributed by atoms with Gasteiger partial charge in [0.25, 0.3) is 0 Å². The van der Waals surface area contributed by atoms with E-state index in [0.717, 1.165) is 0 Å². The van der Waals surface area contributed by atoms with Crippen LogP contribution >= 0.6 is 0 Å². The highest BCUT2D eigenvalue weighted by molar-refractivity contribution is 7.94. The molecule has 4 nitrogen and oxygen atoms in total. The Balaban J connectivity index is 4.34. The zero-order chi connectivity index (χ0) is 13.2. The molecule has 0 aliphatic rings. The predicted molar refractivity (Wildman–Crippen MR) is 69.7 cm³/mol. The summed E-state index contributed by atoms with van der Waals surface area (Å²) in [6, 6.07) is 0. The van der Waals surface area contributed by atoms with Gasteiger partial charge >= 0.3 is 0 Å². The van der Waals surface area contributed by atoms with Crippen molar-refractivity contribution in [1.82, 2.24) is 0 Å². The SMILES string of the molecule is CC(C)(N)CS(=O)CCS(=O)(=O)C(C)(C)C. The number of hydrogen-bond donors (Lipinski definition) is 1. The molecule has 0 amide bonds. The summed E-state index contributed by atoms with van der Waals surface area (Å²) < 4.78 is 34.3. The van der Waals surface area contributed by atoms with Crippen molar-refractivity contribution in [3.8, 4) is 0 Å². The molecule has 0 spiro atoms. The number of sulfone groups is 1. The van der Waals surface area contributed by atoms with Crippen LogP contribution < -0.4 is 5.73 Å². The number of rotatable bonds is 5. The van der Waals surface area contributed by atoms with Crippen molar-refractivity contribution in [2.75, 3.05) is 17.3 Å². The van der Waals surface area contributed by atoms with E-state index < -0.39 is 30.9 Å². The maximum absolute atomic E-state index is 11.8. The van der Waals surface area contributed by atoms with Gasteiger partial charge in [0.2, 0.25) is 0 Å². The normalized spacial score (nSPS) is 16.1. The Kier molecular flexibility index (Phi) is 5.16. The van der Waals surface area contributed by atoms with Crippen molar-refractivity contribution in [2.24, 2.45) is 5.73 Å². The number of hydrogen-bond acceptors (Lipinski definition) is 4. The smallest absolute Gasteiger partial charge is 0.156 e. The van der Waals surface area contributed by atoms with Crippen LogP contribution in [0.1, 0.15) is 34.6 Å². The standard InChI is InChI=1S/C10H23NO3S2/c1-9(2,3)16(13,14)7-6-15(12)8-10(4,5)11/h6-8,11H2,1-5H3. The van der Waals surface area contributed by atoms with E-state index in [1.54, 1.807) is 34.6 Å². The van der Waals surface area contributed by atoms with Crippen LogP contribution in [0.4, 0.5) is 0 Å². The predicted octanol–water partition coefficient (Wildman–Crippen LogP) is 0.686. The molecular formula is C10H23NO3S2. The quantitative estimate of drug-likeness (QED) is 0.796. The third-order valence-corrected chi connectivity index (χ3v) is 6.64. The highest BCUT2D eigenvalue weighted by Crippen LogP contribution is 2.16. The van der Waals surface area contributed by atoms with Gasteiger partial charge in [-0.3, -0.25) is 4.21 Å². The van der Waals surface area contributed by atoms with Gasteiger partial charge in [-0.15, -0.1) is 0 Å². The van der Waals surface area contributed by atoms with Crippen LogP contribution in [-0.2, 0) is 20.6 Å². The van der Waals surface area contributed by atoms with Gasteiger partial charge in [-0.05, 0) is 34.6 Å². The van der Waals surface area contributed by atoms with E-state index in [9.17, 15) is 12.6 Å². The molecule has 1 atom stereocenters. The Morgan fingerprint density at radius 3 is 1.88 bits per heavy atom. The van der Waals surface area contributed by atoms with Gasteiger partial charge in [0.15, 0.2) is 9.84 Å². The molecule has 0 rings (SSSR count). The fourth-order valence-electron chi connectivity index (χ4n) is 0.996. The first-order chi connectivity index (χ1) is 6.85. The molecule has 0 radical (unpaired) electrons. The summed E-state index contributed by atoms with van der Waals surface area (Å²) in [4.78, 5) is 0. The van der Waals surface area contributed by atoms with Gasteiger partial charge in [0.1, 0.15) is 0 Å². The van der Waals surface area contributed by atoms with Crippen molar-refractivity contribution in [3.05, 3.63) is 0 Å². The Labute approximate surface area is 101 Å². The van der Waals surface area contributed by atoms with E-state index >= 15 is 0 Å². The highest BCUT2D eigenvalue weighted by Gasteiger charge is 2.29. The summed E-state index contributed by atoms with van der Waals surface area (Å²) in [5, 5.41) is 0. The molecule has 0 heterocycles. The van der Waals surface area contributed by atoms with Crippen LogP contribution in [0.3, 0.4) is 0 Å². The molecule has 0 aromatic rings. The van der Waals surface area contributed by atoms with Gasteiger partial charge in [-0.2, -0.15) is 0 Å². The minimum absolute atomic E-state index is 0.0425. The van der Waals surface area contributed by atoms with Crippen LogP contribution in [0.2, 0.25) is 0 Å². The van der Waals surface area contributed by atoms with Crippen LogP contribution in [0.15, 0.2) is 0 Å². The molecule has 98 valence electrons. The number of nitrogens with two attached hydrogens (primary N) is 1. The summed E-state index contributed by atoms with van der Waals surface area (Å²) in [5.41, 5.74) is 5.20. The minimum Gasteiger partial charge on any atom is -0.325 e. The minimum atomic E-state index is -3.18. The van der Waals surface area contributed by atoms with E-state index in [2.05, 4.69) is 0 Å². The zero-order valence-electron chi connectivity index (χ0n) is 10.7. The molecule has 0 aromatic carbocycles. The Morgan fingerprint density at radius 1 is 1.12 bits per heavy atom. The molecule has 0 bridgehead atoms. The Morgan fingerprint density at radius 2 is 1.56 bits per heavy atom. The van der Waals surface area contributed by atoms with Crippen LogP contribution in [-0.4, -0.2) is 40.2 Å². The second-order valence-electron chi connectivity index (χ2n) is 5.71. The van der Waals surface area contributed by atoms with Gasteiger partial charge in [-0.1, -0.05) is 0 Å². The van der Waals surface area contributed by atoms with E-state index in [0.29, 0.717) is 5.75 Å². The van der Waals surface area contributed by atoms with Crippen molar-refractivity contribution in [3.63, 3.8) is 0 Å². The zero-order valence-corrected chi connectivity index (χ0v) is 12.4. The second-order valence-corrected chi connectivity index (χ2v) is 10.1. The lowest BCUT2D eigenvalue weighted by Crippen LogP contribution is -2.40. The summed E-state index contributed by atoms with van der Waals surface area (Å²) >= 11 is 0. The molecule has 6 heteroatoms. The molecule has 0 saturated carbocycles. The lowest BCUT2D eigenvalue weighted by atomic mass is 10.1. The molecule has 0 aromatic heterocycles. The first-order valence-corrected chi connectivity index (χ1v) is 8.35. The van der Waals surface area contributed by atoms with Crippen molar-refractivity contribution < 1.29 is 12.6 Å². The summed E-state index contributed by atoms with van der Waals surface area (Å²) in [6.45, 7) is 8.51. The fourth-order valence-corrected chi connectivity index (χ4v) is 4.20. The van der Waals surface area contributed by atoms with E-state index in [4.69, 9.17) is 5.73 Å². The molecule has 16 heavy (non-hydrogen) atoms. The molecule has 0 saturated heterocycles. The van der Waals surface area contributed by atoms with Gasteiger partial charge in [-0.25, -0.2) is 8.42 Å². The first kappa shape index (κ1) is 16.1. The van der Waals surface area contributed by atoms with E-state index in [-0.39, 0.29) is 11.5 Å². The van der Waals surface area contributed by atoms with Crippen LogP contribution in [0.25, 0.3) is 0 Å². The largest absolute Gasteiger partial charge is 0.325 e. The maximum Gasteiger partial charge on any atom is 0.156 e. The van der Waals surface area contributed by atoms with Crippen molar-refractivity contribution in [2.45, 2.75) is 44.9 Å². The first-order valence-electron chi connectivity index (χ1n) is 5.21. The molecule has 0 fully saturated rings. The lowest BCUT2D eigenvalue weighted by Gasteiger charge is -2.20. The van der Waals surface area contributed by atoms with Crippen molar-refractivity contribution in [1.29, 1.82) is 0 Å². The van der Waals surface area contributed by atoms with Gasteiger partial charge in [0.05, 0.1) is 10.5 Å². The lowest BCUT2D eigenvalue weighted by molar-refractivity contribution is 0.560. The summed E-state index contributed by atoms with van der Waals surface area (Å²) in [5.74, 6) is 0.450. The van der Waals surface area contributed by atoms with Gasteiger partial charge < -0.3 is 5.73 Å². The summed E-state index contributed by atoms with van der Waals surface area (Å²) in [7, 11) is -4.36. The average Bonchev–Trinajstić information content (AvgIpc) is 1.95. The van der Waals surface area contributed by atoms with Gasteiger partial charge in [0, 0.05) is 27.8 Å². The second kappa shape index (κ2) is 5.14. The molecular weight excluding hydrogens is 246 g/mol. The Hall–Kier alpha value is 0.0600. The van der Waals surface area contributed by atoms with Crippen molar-refractivity contribution >= 4 is 20.6 Å². The van der Waals surface area contributed by atoms with Crippen LogP contribution in [0, 0.1) is 0 Å². The summed E-state index contributed by atoms with van der Waals surface area (Å²) in [6.07, 6.45) is 0. The average molecular weight is 269 g/mol. The topological polar surface area (TPSA) is 77.2 Å². The maximum atomic E-state index is 11.8. The van der Waals surface area contributed by atoms with E-state index in [1.807, 2.05) is 0 Å². The van der Waals surface area contributed by atoms with E-state index in [1.165, 1.54) is 0 Å². The monoisotopic (exact) mass is 269 g/mol. The Bertz CT molecular complexity index is 347. The molecule has 0 aliphatic heterocycles. The van der Waals surface area contributed by atoms with Crippen LogP contribution in [0.5, 0.6) is 0 Å². The third kappa shape index (κ3) is 5.96. The molecule has 1 unspecified atom stereocenters. The third-order valence-electron chi connectivity index (χ3n) is 2.05. The molecule has 0 aliphatic carbocycles.